The molecule has 0 radical (unpaired) electrons. The lowest BCUT2D eigenvalue weighted by Crippen LogP contribution is -2.40. The molecule has 3 atom stereocenters. The van der Waals surface area contributed by atoms with Crippen LogP contribution in [0.4, 0.5) is 0 Å². The molecule has 0 N–H and O–H groups in total. The molecule has 0 aliphatic carbocycles. The molecule has 0 aliphatic heterocycles. The molecule has 0 spiro atoms. The van der Waals surface area contributed by atoms with Crippen molar-refractivity contribution in [2.24, 2.45) is 5.92 Å². The third-order valence-electron chi connectivity index (χ3n) is 6.67. The van der Waals surface area contributed by atoms with Crippen molar-refractivity contribution in [2.75, 3.05) is 7.11 Å². The molecule has 0 aromatic heterocycles. The van der Waals surface area contributed by atoms with Gasteiger partial charge < -0.3 is 4.74 Å². The zero-order valence-electron chi connectivity index (χ0n) is 20.5. The molecule has 0 bridgehead atoms. The monoisotopic (exact) mass is 463 g/mol. The molecule has 0 saturated carbocycles. The number of hydrogen-bond acceptors (Lipinski definition) is 3. The number of carbonyl (C=O) groups excluding carboxylic acids is 1. The second-order valence-electron chi connectivity index (χ2n) is 8.92. The summed E-state index contributed by atoms with van der Waals surface area (Å²) in [5, 5.41) is 0. The van der Waals surface area contributed by atoms with E-state index in [4.69, 9.17) is 4.74 Å². The minimum absolute atomic E-state index is 0.0736. The molecule has 4 aromatic carbocycles. The van der Waals surface area contributed by atoms with E-state index in [0.717, 1.165) is 11.1 Å². The summed E-state index contributed by atoms with van der Waals surface area (Å²) < 4.78 is 5.41. The van der Waals surface area contributed by atoms with E-state index in [0.29, 0.717) is 13.0 Å². The van der Waals surface area contributed by atoms with Gasteiger partial charge in [-0.25, -0.2) is 0 Å². The van der Waals surface area contributed by atoms with Crippen molar-refractivity contribution in [3.63, 3.8) is 0 Å². The van der Waals surface area contributed by atoms with E-state index in [-0.39, 0.29) is 24.0 Å². The number of esters is 1. The highest BCUT2D eigenvalue weighted by Crippen LogP contribution is 2.39. The number of benzene rings is 4. The quantitative estimate of drug-likeness (QED) is 0.237. The van der Waals surface area contributed by atoms with E-state index in [1.54, 1.807) is 0 Å². The van der Waals surface area contributed by atoms with Crippen molar-refractivity contribution >= 4 is 5.97 Å². The number of nitrogens with zero attached hydrogens (tertiary/aromatic N) is 1. The maximum atomic E-state index is 13.4. The number of carbonyl (C=O) groups is 1. The average molecular weight is 464 g/mol. The van der Waals surface area contributed by atoms with Crippen molar-refractivity contribution in [1.82, 2.24) is 4.90 Å². The fourth-order valence-corrected chi connectivity index (χ4v) is 4.84. The number of methoxy groups -OCH3 is 1. The fourth-order valence-electron chi connectivity index (χ4n) is 4.84. The first-order chi connectivity index (χ1) is 17.2. The van der Waals surface area contributed by atoms with Crippen LogP contribution in [-0.2, 0) is 22.5 Å². The minimum atomic E-state index is -0.375. The Hall–Kier alpha value is -3.69. The molecule has 0 fully saturated rings. The summed E-state index contributed by atoms with van der Waals surface area (Å²) in [6.45, 7) is 2.93. The molecule has 3 nitrogen and oxygen atoms in total. The molecule has 35 heavy (non-hydrogen) atoms. The normalized spacial score (nSPS) is 13.7. The van der Waals surface area contributed by atoms with Gasteiger partial charge in [-0.15, -0.1) is 0 Å². The van der Waals surface area contributed by atoms with Gasteiger partial charge in [-0.2, -0.15) is 0 Å². The maximum absolute atomic E-state index is 13.4. The summed E-state index contributed by atoms with van der Waals surface area (Å²) >= 11 is 0. The third kappa shape index (κ3) is 6.26. The van der Waals surface area contributed by atoms with Crippen LogP contribution in [0.3, 0.4) is 0 Å². The lowest BCUT2D eigenvalue weighted by atomic mass is 9.85. The van der Waals surface area contributed by atoms with Crippen molar-refractivity contribution in [1.29, 1.82) is 0 Å². The Morgan fingerprint density at radius 1 is 0.686 bits per heavy atom. The molecule has 0 saturated heterocycles. The van der Waals surface area contributed by atoms with Crippen molar-refractivity contribution in [2.45, 2.75) is 32.0 Å². The molecular formula is C32H33NO2. The van der Waals surface area contributed by atoms with Gasteiger partial charge >= 0.3 is 5.97 Å². The smallest absolute Gasteiger partial charge is 0.310 e. The van der Waals surface area contributed by atoms with E-state index >= 15 is 0 Å². The minimum Gasteiger partial charge on any atom is -0.469 e. The summed E-state index contributed by atoms with van der Waals surface area (Å²) in [5.74, 6) is -0.569. The van der Waals surface area contributed by atoms with E-state index in [1.807, 2.05) is 48.5 Å². The summed E-state index contributed by atoms with van der Waals surface area (Å²) in [6, 6.07) is 41.5. The van der Waals surface area contributed by atoms with Gasteiger partial charge in [0.1, 0.15) is 0 Å². The van der Waals surface area contributed by atoms with E-state index < -0.39 is 0 Å². The van der Waals surface area contributed by atoms with Gasteiger partial charge in [0, 0.05) is 18.6 Å². The fraction of sp³-hybridized carbons (Fsp3) is 0.219. The Bertz CT molecular complexity index is 1160. The van der Waals surface area contributed by atoms with Gasteiger partial charge in [0.2, 0.25) is 0 Å². The lowest BCUT2D eigenvalue weighted by Gasteiger charge is -2.40. The highest BCUT2D eigenvalue weighted by atomic mass is 16.5. The average Bonchev–Trinajstić information content (AvgIpc) is 2.93. The van der Waals surface area contributed by atoms with Crippen LogP contribution in [0.15, 0.2) is 121 Å². The van der Waals surface area contributed by atoms with Gasteiger partial charge in [0.25, 0.3) is 0 Å². The second kappa shape index (κ2) is 12.1. The summed E-state index contributed by atoms with van der Waals surface area (Å²) in [7, 11) is 1.49. The molecule has 0 aliphatic rings. The Morgan fingerprint density at radius 2 is 1.14 bits per heavy atom. The van der Waals surface area contributed by atoms with Crippen LogP contribution in [-0.4, -0.2) is 18.0 Å². The highest BCUT2D eigenvalue weighted by Gasteiger charge is 2.37. The van der Waals surface area contributed by atoms with Crippen LogP contribution in [0.5, 0.6) is 0 Å². The second-order valence-corrected chi connectivity index (χ2v) is 8.92. The molecule has 0 heterocycles. The van der Waals surface area contributed by atoms with E-state index in [1.165, 1.54) is 18.2 Å². The summed E-state index contributed by atoms with van der Waals surface area (Å²) in [5.41, 5.74) is 4.65. The molecule has 0 amide bonds. The zero-order chi connectivity index (χ0) is 24.5. The van der Waals surface area contributed by atoms with Crippen LogP contribution < -0.4 is 0 Å². The first kappa shape index (κ1) is 24.4. The SMILES string of the molecule is COC(=O)[C@H](Cc1ccccc1)[C@@H](c1ccccc1)N(Cc1ccccc1)[C@H](C)c1ccccc1. The zero-order valence-corrected chi connectivity index (χ0v) is 20.5. The van der Waals surface area contributed by atoms with Crippen LogP contribution in [0.25, 0.3) is 0 Å². The van der Waals surface area contributed by atoms with E-state index in [2.05, 4.69) is 84.6 Å². The topological polar surface area (TPSA) is 29.5 Å². The molecular weight excluding hydrogens is 430 g/mol. The van der Waals surface area contributed by atoms with Gasteiger partial charge in [0.15, 0.2) is 0 Å². The van der Waals surface area contributed by atoms with Gasteiger partial charge in [0.05, 0.1) is 13.0 Å². The molecule has 4 rings (SSSR count). The van der Waals surface area contributed by atoms with Gasteiger partial charge in [-0.1, -0.05) is 121 Å². The van der Waals surface area contributed by atoms with Gasteiger partial charge in [-0.3, -0.25) is 9.69 Å². The number of rotatable bonds is 10. The van der Waals surface area contributed by atoms with E-state index in [9.17, 15) is 4.79 Å². The van der Waals surface area contributed by atoms with Crippen LogP contribution >= 0.6 is 0 Å². The molecule has 0 unspecified atom stereocenters. The first-order valence-electron chi connectivity index (χ1n) is 12.2. The van der Waals surface area contributed by atoms with Crippen molar-refractivity contribution < 1.29 is 9.53 Å². The van der Waals surface area contributed by atoms with Crippen LogP contribution in [0.2, 0.25) is 0 Å². The maximum Gasteiger partial charge on any atom is 0.310 e. The van der Waals surface area contributed by atoms with Gasteiger partial charge in [-0.05, 0) is 35.6 Å². The molecule has 4 aromatic rings. The van der Waals surface area contributed by atoms with Crippen LogP contribution in [0, 0.1) is 5.92 Å². The van der Waals surface area contributed by atoms with Crippen molar-refractivity contribution in [3.05, 3.63) is 144 Å². The molecule has 3 heteroatoms. The number of ether oxygens (including phenoxy) is 1. The Balaban J connectivity index is 1.84. The predicted molar refractivity (Wildman–Crippen MR) is 142 cm³/mol. The number of hydrogen-bond donors (Lipinski definition) is 0. The standard InChI is InChI=1S/C32H33NO2/c1-25(28-19-11-5-12-20-28)33(24-27-17-9-4-10-18-27)31(29-21-13-6-14-22-29)30(32(34)35-2)23-26-15-7-3-8-16-26/h3-22,25,30-31H,23-24H2,1-2H3/t25-,30-,31-/m1/s1. The first-order valence-corrected chi connectivity index (χ1v) is 12.2. The molecule has 178 valence electrons. The lowest BCUT2D eigenvalue weighted by molar-refractivity contribution is -0.148. The Morgan fingerprint density at radius 3 is 1.66 bits per heavy atom. The Kier molecular flexibility index (Phi) is 8.48. The third-order valence-corrected chi connectivity index (χ3v) is 6.67. The van der Waals surface area contributed by atoms with Crippen molar-refractivity contribution in [3.8, 4) is 0 Å². The van der Waals surface area contributed by atoms with Crippen LogP contribution in [0.1, 0.15) is 41.3 Å². The highest BCUT2D eigenvalue weighted by molar-refractivity contribution is 5.74. The predicted octanol–water partition coefficient (Wildman–Crippen LogP) is 7.02. The largest absolute Gasteiger partial charge is 0.469 e. The summed E-state index contributed by atoms with van der Waals surface area (Å²) in [4.78, 5) is 15.8. The Labute approximate surface area is 209 Å². The summed E-state index contributed by atoms with van der Waals surface area (Å²) in [6.07, 6.45) is 0.597.